The molecule has 0 spiro atoms. The van der Waals surface area contributed by atoms with Crippen molar-refractivity contribution in [3.63, 3.8) is 0 Å². The van der Waals surface area contributed by atoms with Gasteiger partial charge in [-0.05, 0) is 13.0 Å². The number of aromatic carboxylic acids is 1. The molecule has 21 heavy (non-hydrogen) atoms. The zero-order chi connectivity index (χ0) is 15.0. The molecule has 1 aromatic carbocycles. The molecule has 3 rings (SSSR count). The first-order valence-corrected chi connectivity index (χ1v) is 6.08. The van der Waals surface area contributed by atoms with Gasteiger partial charge in [-0.1, -0.05) is 23.4 Å². The highest BCUT2D eigenvalue weighted by Crippen LogP contribution is 2.13. The molecule has 0 atom stereocenters. The molecule has 8 heteroatoms. The SMILES string of the molecule is Cc1noc(Cn2nc(C(=O)O)c3ccccc3c2=O)n1. The van der Waals surface area contributed by atoms with E-state index in [-0.39, 0.29) is 23.5 Å². The van der Waals surface area contributed by atoms with Crippen molar-refractivity contribution in [2.75, 3.05) is 0 Å². The van der Waals surface area contributed by atoms with Crippen molar-refractivity contribution < 1.29 is 14.4 Å². The van der Waals surface area contributed by atoms with E-state index in [2.05, 4.69) is 15.2 Å². The first kappa shape index (κ1) is 13.0. The number of hydrogen-bond acceptors (Lipinski definition) is 6. The van der Waals surface area contributed by atoms with Gasteiger partial charge in [0, 0.05) is 5.39 Å². The molecule has 0 saturated carbocycles. The molecule has 0 saturated heterocycles. The highest BCUT2D eigenvalue weighted by molar-refractivity contribution is 6.01. The molecule has 0 radical (unpaired) electrons. The Morgan fingerprint density at radius 3 is 2.67 bits per heavy atom. The van der Waals surface area contributed by atoms with Gasteiger partial charge in [0.1, 0.15) is 6.54 Å². The van der Waals surface area contributed by atoms with Crippen molar-refractivity contribution in [2.24, 2.45) is 0 Å². The molecule has 0 fully saturated rings. The second kappa shape index (κ2) is 4.82. The summed E-state index contributed by atoms with van der Waals surface area (Å²) >= 11 is 0. The monoisotopic (exact) mass is 286 g/mol. The maximum absolute atomic E-state index is 12.3. The molecule has 8 nitrogen and oxygen atoms in total. The topological polar surface area (TPSA) is 111 Å². The van der Waals surface area contributed by atoms with E-state index in [1.54, 1.807) is 31.2 Å². The fourth-order valence-electron chi connectivity index (χ4n) is 2.03. The van der Waals surface area contributed by atoms with Crippen LogP contribution in [0.5, 0.6) is 0 Å². The number of fused-ring (bicyclic) bond motifs is 1. The van der Waals surface area contributed by atoms with Gasteiger partial charge in [-0.25, -0.2) is 9.48 Å². The Kier molecular flexibility index (Phi) is 2.98. The number of carboxylic acid groups (broad SMARTS) is 1. The van der Waals surface area contributed by atoms with E-state index in [9.17, 15) is 14.7 Å². The van der Waals surface area contributed by atoms with Crippen molar-refractivity contribution >= 4 is 16.7 Å². The molecule has 0 unspecified atom stereocenters. The summed E-state index contributed by atoms with van der Waals surface area (Å²) < 4.78 is 5.94. The third-order valence-electron chi connectivity index (χ3n) is 2.92. The van der Waals surface area contributed by atoms with Crippen LogP contribution in [-0.2, 0) is 6.54 Å². The molecule has 1 N–H and O–H groups in total. The fourth-order valence-corrected chi connectivity index (χ4v) is 2.03. The minimum atomic E-state index is -1.21. The number of carbonyl (C=O) groups is 1. The second-order valence-corrected chi connectivity index (χ2v) is 4.40. The Hall–Kier alpha value is -3.03. The number of aryl methyl sites for hydroxylation is 1. The van der Waals surface area contributed by atoms with E-state index >= 15 is 0 Å². The van der Waals surface area contributed by atoms with Gasteiger partial charge in [0.2, 0.25) is 5.89 Å². The molecule has 2 heterocycles. The number of aromatic nitrogens is 4. The van der Waals surface area contributed by atoms with Gasteiger partial charge in [0.25, 0.3) is 5.56 Å². The van der Waals surface area contributed by atoms with E-state index in [0.717, 1.165) is 4.68 Å². The van der Waals surface area contributed by atoms with Crippen molar-refractivity contribution in [1.29, 1.82) is 0 Å². The molecule has 3 aromatic rings. The lowest BCUT2D eigenvalue weighted by Crippen LogP contribution is -2.26. The second-order valence-electron chi connectivity index (χ2n) is 4.40. The van der Waals surface area contributed by atoms with Gasteiger partial charge in [-0.15, -0.1) is 0 Å². The van der Waals surface area contributed by atoms with Crippen LogP contribution in [0.2, 0.25) is 0 Å². The van der Waals surface area contributed by atoms with Crippen LogP contribution in [0.25, 0.3) is 10.8 Å². The minimum absolute atomic E-state index is 0.0786. The minimum Gasteiger partial charge on any atom is -0.476 e. The van der Waals surface area contributed by atoms with Crippen LogP contribution in [0.15, 0.2) is 33.6 Å². The summed E-state index contributed by atoms with van der Waals surface area (Å²) in [4.78, 5) is 27.6. The quantitative estimate of drug-likeness (QED) is 0.759. The van der Waals surface area contributed by atoms with Gasteiger partial charge in [0.05, 0.1) is 5.39 Å². The van der Waals surface area contributed by atoms with Crippen molar-refractivity contribution in [3.8, 4) is 0 Å². The van der Waals surface area contributed by atoms with Gasteiger partial charge in [-0.2, -0.15) is 10.1 Å². The van der Waals surface area contributed by atoms with E-state index < -0.39 is 11.5 Å². The van der Waals surface area contributed by atoms with Gasteiger partial charge < -0.3 is 9.63 Å². The number of carboxylic acids is 1. The largest absolute Gasteiger partial charge is 0.476 e. The van der Waals surface area contributed by atoms with Gasteiger partial charge >= 0.3 is 5.97 Å². The highest BCUT2D eigenvalue weighted by atomic mass is 16.5. The third kappa shape index (κ3) is 2.27. The maximum Gasteiger partial charge on any atom is 0.357 e. The Morgan fingerprint density at radius 1 is 1.33 bits per heavy atom. The van der Waals surface area contributed by atoms with Crippen LogP contribution < -0.4 is 5.56 Å². The predicted octanol–water partition coefficient (Wildman–Crippen LogP) is 0.834. The van der Waals surface area contributed by atoms with Crippen LogP contribution >= 0.6 is 0 Å². The average molecular weight is 286 g/mol. The summed E-state index contributed by atoms with van der Waals surface area (Å²) in [5.74, 6) is -0.590. The number of benzene rings is 1. The lowest BCUT2D eigenvalue weighted by Gasteiger charge is -2.06. The van der Waals surface area contributed by atoms with Crippen molar-refractivity contribution in [3.05, 3.63) is 52.0 Å². The number of hydrogen-bond donors (Lipinski definition) is 1. The molecule has 0 bridgehead atoms. The van der Waals surface area contributed by atoms with Crippen LogP contribution in [0.3, 0.4) is 0 Å². The summed E-state index contributed by atoms with van der Waals surface area (Å²) in [5, 5.41) is 17.3. The fraction of sp³-hybridized carbons (Fsp3) is 0.154. The van der Waals surface area contributed by atoms with Crippen LogP contribution in [0, 0.1) is 6.92 Å². The van der Waals surface area contributed by atoms with Gasteiger partial charge in [0.15, 0.2) is 11.5 Å². The van der Waals surface area contributed by atoms with E-state index in [4.69, 9.17) is 4.52 Å². The molecule has 0 aliphatic heterocycles. The summed E-state index contributed by atoms with van der Waals surface area (Å²) in [7, 11) is 0. The molecule has 2 aromatic heterocycles. The van der Waals surface area contributed by atoms with Crippen molar-refractivity contribution in [2.45, 2.75) is 13.5 Å². The Labute approximate surface area is 117 Å². The Morgan fingerprint density at radius 2 is 2.05 bits per heavy atom. The zero-order valence-electron chi connectivity index (χ0n) is 11.0. The smallest absolute Gasteiger partial charge is 0.357 e. The third-order valence-corrected chi connectivity index (χ3v) is 2.92. The van der Waals surface area contributed by atoms with E-state index in [1.807, 2.05) is 0 Å². The van der Waals surface area contributed by atoms with E-state index in [1.165, 1.54) is 0 Å². The summed E-state index contributed by atoms with van der Waals surface area (Å²) in [6.45, 7) is 1.57. The molecule has 106 valence electrons. The van der Waals surface area contributed by atoms with Crippen LogP contribution in [0.4, 0.5) is 0 Å². The molecule has 0 aliphatic carbocycles. The number of nitrogens with zero attached hydrogens (tertiary/aromatic N) is 4. The van der Waals surface area contributed by atoms with Crippen LogP contribution in [-0.4, -0.2) is 31.0 Å². The van der Waals surface area contributed by atoms with Gasteiger partial charge in [-0.3, -0.25) is 4.79 Å². The summed E-state index contributed by atoms with van der Waals surface area (Å²) in [6, 6.07) is 6.42. The average Bonchev–Trinajstić information content (AvgIpc) is 2.87. The molecular formula is C13H10N4O4. The van der Waals surface area contributed by atoms with E-state index in [0.29, 0.717) is 11.2 Å². The number of rotatable bonds is 3. The first-order chi connectivity index (χ1) is 10.1. The zero-order valence-corrected chi connectivity index (χ0v) is 11.0. The first-order valence-electron chi connectivity index (χ1n) is 6.08. The molecule has 0 aliphatic rings. The standard InChI is InChI=1S/C13H10N4O4/c1-7-14-10(21-16-7)6-17-12(18)9-5-3-2-4-8(9)11(15-17)13(19)20/h2-5H,6H2,1H3,(H,19,20). The summed E-state index contributed by atoms with van der Waals surface area (Å²) in [5.41, 5.74) is -0.604. The maximum atomic E-state index is 12.3. The molecular weight excluding hydrogens is 276 g/mol. The lowest BCUT2D eigenvalue weighted by molar-refractivity contribution is 0.0690. The van der Waals surface area contributed by atoms with Crippen LogP contribution in [0.1, 0.15) is 22.2 Å². The lowest BCUT2D eigenvalue weighted by atomic mass is 10.1. The highest BCUT2D eigenvalue weighted by Gasteiger charge is 2.16. The summed E-state index contributed by atoms with van der Waals surface area (Å²) in [6.07, 6.45) is 0. The molecule has 0 amide bonds. The normalized spacial score (nSPS) is 10.9. The Bertz CT molecular complexity index is 897. The predicted molar refractivity (Wildman–Crippen MR) is 71.1 cm³/mol. The Balaban J connectivity index is 2.21. The van der Waals surface area contributed by atoms with Crippen molar-refractivity contribution in [1.82, 2.24) is 19.9 Å².